The van der Waals surface area contributed by atoms with E-state index in [1.807, 2.05) is 62.4 Å². The molecule has 0 aliphatic heterocycles. The molecule has 1 amide bonds. The van der Waals surface area contributed by atoms with Gasteiger partial charge in [-0.2, -0.15) is 0 Å². The summed E-state index contributed by atoms with van der Waals surface area (Å²) in [6.45, 7) is 5.52. The van der Waals surface area contributed by atoms with Crippen molar-refractivity contribution in [1.29, 1.82) is 0 Å². The number of benzene rings is 2. The topological polar surface area (TPSA) is 108 Å². The van der Waals surface area contributed by atoms with Crippen LogP contribution in [0, 0.1) is 0 Å². The number of nitrogens with zero attached hydrogens (tertiary/aromatic N) is 1. The zero-order valence-corrected chi connectivity index (χ0v) is 24.4. The summed E-state index contributed by atoms with van der Waals surface area (Å²) in [6.07, 6.45) is 0.787. The van der Waals surface area contributed by atoms with Crippen LogP contribution in [0.5, 0.6) is 5.75 Å². The predicted molar refractivity (Wildman–Crippen MR) is 151 cm³/mol. The lowest BCUT2D eigenvalue weighted by Gasteiger charge is -2.25. The van der Waals surface area contributed by atoms with Gasteiger partial charge in [0, 0.05) is 37.1 Å². The number of ether oxygens (including phenoxy) is 1. The first-order valence-electron chi connectivity index (χ1n) is 12.7. The number of carbonyl (C=O) groups excluding carboxylic acids is 1. The molecule has 206 valence electrons. The summed E-state index contributed by atoms with van der Waals surface area (Å²) < 4.78 is 33.1. The van der Waals surface area contributed by atoms with Gasteiger partial charge in [-0.1, -0.05) is 54.0 Å². The summed E-state index contributed by atoms with van der Waals surface area (Å²) in [6, 6.07) is 14.7. The third-order valence-corrected chi connectivity index (χ3v) is 8.26. The van der Waals surface area contributed by atoms with Crippen molar-refractivity contribution in [3.63, 3.8) is 0 Å². The maximum atomic E-state index is 12.8. The number of aliphatic hydroxyl groups is 1. The highest BCUT2D eigenvalue weighted by Gasteiger charge is 2.25. The molecule has 0 aliphatic rings. The third kappa shape index (κ3) is 11.1. The monoisotopic (exact) mass is 597 g/mol. The van der Waals surface area contributed by atoms with E-state index in [0.29, 0.717) is 26.1 Å². The van der Waals surface area contributed by atoms with Crippen LogP contribution in [-0.2, 0) is 27.8 Å². The molecule has 0 aromatic heterocycles. The van der Waals surface area contributed by atoms with E-state index < -0.39 is 28.1 Å². The molecule has 0 fully saturated rings. The maximum Gasteiger partial charge on any atom is 0.221 e. The van der Waals surface area contributed by atoms with Crippen LogP contribution in [0.2, 0.25) is 0 Å². The lowest BCUT2D eigenvalue weighted by Crippen LogP contribution is -2.49. The second kappa shape index (κ2) is 16.1. The number of nitrogens with one attached hydrogen (secondary N) is 2. The molecule has 0 bridgehead atoms. The SMILES string of the molecule is CCCN(CCC)S(=O)(=O)CCC(=O)N[C@@H](Cc1cccc(Br)c1)[C@@H](O)CNCc1cccc(OC)c1. The first-order chi connectivity index (χ1) is 17.7. The number of carbonyl (C=O) groups is 1. The molecule has 2 atom stereocenters. The number of hydrogen-bond acceptors (Lipinski definition) is 6. The highest BCUT2D eigenvalue weighted by molar-refractivity contribution is 9.10. The molecular weight excluding hydrogens is 558 g/mol. The number of amides is 1. The number of methoxy groups -OCH3 is 1. The van der Waals surface area contributed by atoms with Gasteiger partial charge in [0.1, 0.15) is 5.75 Å². The van der Waals surface area contributed by atoms with Crippen LogP contribution in [0.15, 0.2) is 53.0 Å². The predicted octanol–water partition coefficient (Wildman–Crippen LogP) is 3.48. The van der Waals surface area contributed by atoms with Crippen LogP contribution >= 0.6 is 15.9 Å². The molecule has 0 radical (unpaired) electrons. The maximum absolute atomic E-state index is 12.8. The van der Waals surface area contributed by atoms with Crippen molar-refractivity contribution in [3.05, 3.63) is 64.1 Å². The van der Waals surface area contributed by atoms with Crippen LogP contribution in [-0.4, -0.2) is 68.4 Å². The standard InChI is InChI=1S/C27H40BrN3O5S/c1-4-13-31(14-5-2)37(34,35)15-12-27(33)30-25(18-21-8-6-10-23(28)16-21)26(32)20-29-19-22-9-7-11-24(17-22)36-3/h6-11,16-17,25-26,29,32H,4-5,12-15,18-20H2,1-3H3,(H,30,33)/t25-,26-/m0/s1. The van der Waals surface area contributed by atoms with Gasteiger partial charge < -0.3 is 20.5 Å². The highest BCUT2D eigenvalue weighted by atomic mass is 79.9. The lowest BCUT2D eigenvalue weighted by molar-refractivity contribution is -0.122. The van der Waals surface area contributed by atoms with Gasteiger partial charge in [-0.05, 0) is 54.7 Å². The Balaban J connectivity index is 2.03. The number of aliphatic hydroxyl groups excluding tert-OH is 1. The summed E-state index contributed by atoms with van der Waals surface area (Å²) in [4.78, 5) is 12.8. The fraction of sp³-hybridized carbons (Fsp3) is 0.519. The molecular formula is C27H40BrN3O5S. The van der Waals surface area contributed by atoms with Crippen LogP contribution in [0.3, 0.4) is 0 Å². The van der Waals surface area contributed by atoms with Crippen LogP contribution in [0.4, 0.5) is 0 Å². The molecule has 37 heavy (non-hydrogen) atoms. The Morgan fingerprint density at radius 3 is 2.41 bits per heavy atom. The van der Waals surface area contributed by atoms with Gasteiger partial charge in [-0.15, -0.1) is 0 Å². The van der Waals surface area contributed by atoms with Crippen LogP contribution < -0.4 is 15.4 Å². The molecule has 0 saturated carbocycles. The van der Waals surface area contributed by atoms with E-state index in [0.717, 1.165) is 34.2 Å². The second-order valence-electron chi connectivity index (χ2n) is 9.02. The minimum atomic E-state index is -3.53. The number of hydrogen-bond donors (Lipinski definition) is 3. The van der Waals surface area contributed by atoms with E-state index in [4.69, 9.17) is 4.74 Å². The fourth-order valence-corrected chi connectivity index (χ4v) is 6.08. The van der Waals surface area contributed by atoms with Gasteiger partial charge >= 0.3 is 0 Å². The largest absolute Gasteiger partial charge is 0.497 e. The highest BCUT2D eigenvalue weighted by Crippen LogP contribution is 2.15. The lowest BCUT2D eigenvalue weighted by atomic mass is 10.0. The Hall–Kier alpha value is -1.98. The zero-order valence-electron chi connectivity index (χ0n) is 22.0. The summed E-state index contributed by atoms with van der Waals surface area (Å²) in [5, 5.41) is 17.1. The van der Waals surface area contributed by atoms with Gasteiger partial charge in [-0.3, -0.25) is 4.79 Å². The molecule has 8 nitrogen and oxygen atoms in total. The van der Waals surface area contributed by atoms with E-state index >= 15 is 0 Å². The van der Waals surface area contributed by atoms with Crippen molar-refractivity contribution >= 4 is 31.9 Å². The second-order valence-corrected chi connectivity index (χ2v) is 12.0. The smallest absolute Gasteiger partial charge is 0.221 e. The van der Waals surface area contributed by atoms with Gasteiger partial charge in [0.2, 0.25) is 15.9 Å². The molecule has 0 aliphatic carbocycles. The number of rotatable bonds is 17. The van der Waals surface area contributed by atoms with Crippen molar-refractivity contribution in [2.75, 3.05) is 32.5 Å². The Morgan fingerprint density at radius 2 is 1.76 bits per heavy atom. The van der Waals surface area contributed by atoms with Gasteiger partial charge in [-0.25, -0.2) is 12.7 Å². The van der Waals surface area contributed by atoms with Gasteiger partial charge in [0.15, 0.2) is 0 Å². The van der Waals surface area contributed by atoms with E-state index in [1.165, 1.54) is 4.31 Å². The van der Waals surface area contributed by atoms with Crippen LogP contribution in [0.1, 0.15) is 44.2 Å². The first kappa shape index (κ1) is 31.2. The number of halogens is 1. The minimum Gasteiger partial charge on any atom is -0.497 e. The van der Waals surface area contributed by atoms with Crippen molar-refractivity contribution in [3.8, 4) is 5.75 Å². The van der Waals surface area contributed by atoms with Crippen LogP contribution in [0.25, 0.3) is 0 Å². The van der Waals surface area contributed by atoms with Gasteiger partial charge in [0.25, 0.3) is 0 Å². The number of sulfonamides is 1. The molecule has 0 heterocycles. The minimum absolute atomic E-state index is 0.162. The Labute approximate surface area is 230 Å². The average molecular weight is 599 g/mol. The molecule has 0 unspecified atom stereocenters. The van der Waals surface area contributed by atoms with Crippen molar-refractivity contribution in [2.45, 2.75) is 58.2 Å². The Morgan fingerprint density at radius 1 is 1.08 bits per heavy atom. The molecule has 3 N–H and O–H groups in total. The van der Waals surface area contributed by atoms with E-state index in [-0.39, 0.29) is 18.7 Å². The molecule has 10 heteroatoms. The molecule has 2 rings (SSSR count). The van der Waals surface area contributed by atoms with E-state index in [9.17, 15) is 18.3 Å². The average Bonchev–Trinajstić information content (AvgIpc) is 2.87. The quantitative estimate of drug-likeness (QED) is 0.258. The molecule has 0 spiro atoms. The van der Waals surface area contributed by atoms with Crippen molar-refractivity contribution < 1.29 is 23.1 Å². The summed E-state index contributed by atoms with van der Waals surface area (Å²) in [5.74, 6) is 0.0986. The zero-order chi connectivity index (χ0) is 27.3. The molecule has 0 saturated heterocycles. The third-order valence-electron chi connectivity index (χ3n) is 5.90. The molecule has 2 aromatic carbocycles. The summed E-state index contributed by atoms with van der Waals surface area (Å²) in [7, 11) is -1.92. The van der Waals surface area contributed by atoms with Crippen molar-refractivity contribution in [2.24, 2.45) is 0 Å². The Kier molecular flexibility index (Phi) is 13.6. The van der Waals surface area contributed by atoms with Crippen molar-refractivity contribution in [1.82, 2.24) is 14.9 Å². The normalized spacial score (nSPS) is 13.4. The summed E-state index contributed by atoms with van der Waals surface area (Å²) >= 11 is 3.46. The van der Waals surface area contributed by atoms with Gasteiger partial charge in [0.05, 0.1) is 25.0 Å². The van der Waals surface area contributed by atoms with E-state index in [1.54, 1.807) is 7.11 Å². The molecule has 2 aromatic rings. The Bertz CT molecular complexity index is 1080. The summed E-state index contributed by atoms with van der Waals surface area (Å²) in [5.41, 5.74) is 1.95. The first-order valence-corrected chi connectivity index (χ1v) is 15.1. The fourth-order valence-electron chi connectivity index (χ4n) is 4.01. The van der Waals surface area contributed by atoms with E-state index in [2.05, 4.69) is 26.6 Å².